The van der Waals surface area contributed by atoms with Crippen molar-refractivity contribution in [3.05, 3.63) is 77.4 Å². The smallest absolute Gasteiger partial charge is 0.340 e. The van der Waals surface area contributed by atoms with Crippen LogP contribution in [0.3, 0.4) is 0 Å². The van der Waals surface area contributed by atoms with Crippen LogP contribution >= 0.6 is 0 Å². The van der Waals surface area contributed by atoms with Gasteiger partial charge in [-0.1, -0.05) is 12.1 Å². The van der Waals surface area contributed by atoms with E-state index in [9.17, 15) is 19.5 Å². The number of para-hydroxylation sites is 2. The van der Waals surface area contributed by atoms with E-state index in [0.29, 0.717) is 11.3 Å². The number of phenols is 2. The average molecular weight is 468 g/mol. The Hall–Kier alpha value is -4.73. The van der Waals surface area contributed by atoms with Gasteiger partial charge in [-0.3, -0.25) is 4.79 Å². The zero-order chi connectivity index (χ0) is 25.3. The van der Waals surface area contributed by atoms with Crippen molar-refractivity contribution in [1.29, 1.82) is 0 Å². The summed E-state index contributed by atoms with van der Waals surface area (Å²) in [5.41, 5.74) is 6.08. The van der Waals surface area contributed by atoms with E-state index < -0.39 is 17.8 Å². The fourth-order valence-corrected chi connectivity index (χ4v) is 2.72. The summed E-state index contributed by atoms with van der Waals surface area (Å²) in [6, 6.07) is 15.2. The Bertz CT molecular complexity index is 1180. The van der Waals surface area contributed by atoms with Crippen molar-refractivity contribution >= 4 is 29.2 Å². The van der Waals surface area contributed by atoms with Crippen LogP contribution in [0.15, 0.2) is 60.7 Å². The molecule has 10 nitrogen and oxygen atoms in total. The van der Waals surface area contributed by atoms with E-state index in [2.05, 4.69) is 14.8 Å². The molecule has 0 saturated heterocycles. The number of nitrogens with two attached hydrogens (primary N) is 1. The molecule has 0 saturated carbocycles. The molecule has 0 fully saturated rings. The van der Waals surface area contributed by atoms with Crippen molar-refractivity contribution in [1.82, 2.24) is 0 Å². The highest BCUT2D eigenvalue weighted by molar-refractivity contribution is 6.09. The minimum absolute atomic E-state index is 0.00941. The molecule has 3 aromatic carbocycles. The van der Waals surface area contributed by atoms with Crippen LogP contribution in [0.4, 0.5) is 11.4 Å². The number of phenolic OH excluding ortho intramolecular Hbond substituents is 2. The summed E-state index contributed by atoms with van der Waals surface area (Å²) in [5.74, 6) is -1.38. The lowest BCUT2D eigenvalue weighted by Gasteiger charge is -2.11. The molecular weight excluding hydrogens is 444 g/mol. The minimum Gasteiger partial charge on any atom is -0.506 e. The van der Waals surface area contributed by atoms with Crippen LogP contribution in [0.1, 0.15) is 31.1 Å². The number of carbonyl (C=O) groups excluding carboxylic acids is 3. The Balaban J connectivity index is 0.000000287. The molecule has 178 valence electrons. The highest BCUT2D eigenvalue weighted by Gasteiger charge is 2.18. The van der Waals surface area contributed by atoms with Crippen LogP contribution < -0.4 is 15.8 Å². The molecule has 0 aliphatic carbocycles. The standard InChI is InChI=1S/C16H15NO5.C8H9NO3/c1-21-11-8-6-10(7-9-11)15(19)17-14-12(16(20)22-2)4-3-5-13(14)18;1-12-8(11)5-3-2-4-6(10)7(5)9/h3-9,18H,1-2H3,(H,17,19);2-4,10H,9H2,1H3. The molecule has 0 atom stereocenters. The Morgan fingerprint density at radius 1 is 0.765 bits per heavy atom. The quantitative estimate of drug-likeness (QED) is 0.251. The first-order valence-electron chi connectivity index (χ1n) is 9.74. The fraction of sp³-hybridized carbons (Fsp3) is 0.125. The monoisotopic (exact) mass is 468 g/mol. The highest BCUT2D eigenvalue weighted by Crippen LogP contribution is 2.28. The van der Waals surface area contributed by atoms with Gasteiger partial charge in [0.15, 0.2) is 0 Å². The first kappa shape index (κ1) is 25.5. The number of benzene rings is 3. The van der Waals surface area contributed by atoms with E-state index in [-0.39, 0.29) is 34.0 Å². The first-order chi connectivity index (χ1) is 16.2. The Morgan fingerprint density at radius 2 is 1.29 bits per heavy atom. The molecule has 0 aliphatic heterocycles. The van der Waals surface area contributed by atoms with Crippen molar-refractivity contribution in [3.8, 4) is 17.2 Å². The Morgan fingerprint density at radius 3 is 1.85 bits per heavy atom. The van der Waals surface area contributed by atoms with Crippen LogP contribution in [-0.2, 0) is 9.47 Å². The van der Waals surface area contributed by atoms with Crippen LogP contribution in [-0.4, -0.2) is 49.4 Å². The van der Waals surface area contributed by atoms with Crippen LogP contribution in [0.25, 0.3) is 0 Å². The second-order valence-corrected chi connectivity index (χ2v) is 6.60. The summed E-state index contributed by atoms with van der Waals surface area (Å²) in [5, 5.41) is 21.5. The predicted octanol–water partition coefficient (Wildman–Crippen LogP) is 3.20. The highest BCUT2D eigenvalue weighted by atomic mass is 16.5. The predicted molar refractivity (Wildman–Crippen MR) is 124 cm³/mol. The minimum atomic E-state index is -0.652. The second kappa shape index (κ2) is 11.8. The molecule has 0 unspecified atom stereocenters. The van der Waals surface area contributed by atoms with Crippen LogP contribution in [0.2, 0.25) is 0 Å². The van der Waals surface area contributed by atoms with E-state index in [1.54, 1.807) is 24.3 Å². The summed E-state index contributed by atoms with van der Waals surface area (Å²) >= 11 is 0. The van der Waals surface area contributed by atoms with Gasteiger partial charge in [0.1, 0.15) is 17.2 Å². The number of ether oxygens (including phenoxy) is 3. The van der Waals surface area contributed by atoms with Gasteiger partial charge in [0, 0.05) is 5.56 Å². The average Bonchev–Trinajstić information content (AvgIpc) is 2.86. The summed E-state index contributed by atoms with van der Waals surface area (Å²) in [4.78, 5) is 34.9. The number of carbonyl (C=O) groups is 3. The molecule has 3 rings (SSSR count). The number of rotatable bonds is 5. The third-order valence-electron chi connectivity index (χ3n) is 4.53. The molecule has 0 spiro atoms. The number of hydrogen-bond donors (Lipinski definition) is 4. The topological polar surface area (TPSA) is 157 Å². The third kappa shape index (κ3) is 6.16. The van der Waals surface area contributed by atoms with Crippen molar-refractivity contribution < 1.29 is 38.8 Å². The van der Waals surface area contributed by atoms with Gasteiger partial charge in [-0.25, -0.2) is 9.59 Å². The van der Waals surface area contributed by atoms with E-state index >= 15 is 0 Å². The lowest BCUT2D eigenvalue weighted by Crippen LogP contribution is -2.15. The molecule has 0 radical (unpaired) electrons. The summed E-state index contributed by atoms with van der Waals surface area (Å²) in [6.07, 6.45) is 0. The lowest BCUT2D eigenvalue weighted by molar-refractivity contribution is 0.0592. The van der Waals surface area contributed by atoms with E-state index in [4.69, 9.17) is 15.6 Å². The zero-order valence-electron chi connectivity index (χ0n) is 18.7. The summed E-state index contributed by atoms with van der Waals surface area (Å²) < 4.78 is 14.1. The van der Waals surface area contributed by atoms with Crippen molar-refractivity contribution in [2.45, 2.75) is 0 Å². The van der Waals surface area contributed by atoms with Gasteiger partial charge in [0.05, 0.1) is 43.8 Å². The molecule has 3 aromatic rings. The molecule has 34 heavy (non-hydrogen) atoms. The molecule has 0 aliphatic rings. The second-order valence-electron chi connectivity index (χ2n) is 6.60. The van der Waals surface area contributed by atoms with Gasteiger partial charge >= 0.3 is 11.9 Å². The molecule has 0 aromatic heterocycles. The van der Waals surface area contributed by atoms with Crippen molar-refractivity contribution in [2.75, 3.05) is 32.4 Å². The van der Waals surface area contributed by atoms with Crippen LogP contribution in [0, 0.1) is 0 Å². The fourth-order valence-electron chi connectivity index (χ4n) is 2.72. The molecule has 5 N–H and O–H groups in total. The number of aromatic hydroxyl groups is 2. The molecule has 0 heterocycles. The molecule has 1 amide bonds. The number of esters is 2. The number of nitrogen functional groups attached to an aromatic ring is 1. The third-order valence-corrected chi connectivity index (χ3v) is 4.53. The van der Waals surface area contributed by atoms with Gasteiger partial charge in [-0.15, -0.1) is 0 Å². The van der Waals surface area contributed by atoms with Gasteiger partial charge in [0.2, 0.25) is 0 Å². The van der Waals surface area contributed by atoms with Gasteiger partial charge in [-0.2, -0.15) is 0 Å². The van der Waals surface area contributed by atoms with Crippen LogP contribution in [0.5, 0.6) is 17.2 Å². The van der Waals surface area contributed by atoms with E-state index in [1.165, 1.54) is 57.7 Å². The maximum absolute atomic E-state index is 12.2. The lowest BCUT2D eigenvalue weighted by atomic mass is 10.1. The van der Waals surface area contributed by atoms with Gasteiger partial charge in [0.25, 0.3) is 5.91 Å². The molecule has 0 bridgehead atoms. The number of hydrogen-bond acceptors (Lipinski definition) is 9. The zero-order valence-corrected chi connectivity index (χ0v) is 18.7. The SMILES string of the molecule is COC(=O)c1cccc(O)c1N.COC(=O)c1cccc(O)c1NC(=O)c1ccc(OC)cc1. The van der Waals surface area contributed by atoms with Crippen molar-refractivity contribution in [2.24, 2.45) is 0 Å². The maximum atomic E-state index is 12.2. The van der Waals surface area contributed by atoms with E-state index in [1.807, 2.05) is 0 Å². The summed E-state index contributed by atoms with van der Waals surface area (Å²) in [7, 11) is 4.01. The van der Waals surface area contributed by atoms with Crippen molar-refractivity contribution in [3.63, 3.8) is 0 Å². The Kier molecular flexibility index (Phi) is 8.83. The molecular formula is C24H24N2O8. The normalized spacial score (nSPS) is 9.74. The largest absolute Gasteiger partial charge is 0.506 e. The number of methoxy groups -OCH3 is 3. The number of nitrogens with one attached hydrogen (secondary N) is 1. The molecule has 10 heteroatoms. The van der Waals surface area contributed by atoms with E-state index in [0.717, 1.165) is 0 Å². The van der Waals surface area contributed by atoms with Gasteiger partial charge < -0.3 is 35.5 Å². The number of amides is 1. The van der Waals surface area contributed by atoms with Gasteiger partial charge in [-0.05, 0) is 48.5 Å². The summed E-state index contributed by atoms with van der Waals surface area (Å²) in [6.45, 7) is 0. The maximum Gasteiger partial charge on any atom is 0.340 e. The Labute approximate surface area is 195 Å². The first-order valence-corrected chi connectivity index (χ1v) is 9.74. The number of anilines is 2.